The molecule has 4 heteroatoms. The molecule has 0 fully saturated rings. The molecule has 0 atom stereocenters. The second-order valence-corrected chi connectivity index (χ2v) is 4.41. The second-order valence-electron chi connectivity index (χ2n) is 3.49. The minimum atomic E-state index is -0.266. The summed E-state index contributed by atoms with van der Waals surface area (Å²) in [7, 11) is 0. The molecule has 82 valence electrons. The van der Waals surface area contributed by atoms with E-state index in [0.29, 0.717) is 11.4 Å². The predicted molar refractivity (Wildman–Crippen MR) is 66.5 cm³/mol. The maximum atomic E-state index is 13.7. The van der Waals surface area contributed by atoms with E-state index in [9.17, 15) is 4.39 Å². The summed E-state index contributed by atoms with van der Waals surface area (Å²) in [5, 5.41) is 0. The zero-order valence-electron chi connectivity index (χ0n) is 8.67. The number of anilines is 1. The third kappa shape index (κ3) is 2.07. The molecule has 1 aromatic carbocycles. The molecule has 0 radical (unpaired) electrons. The highest BCUT2D eigenvalue weighted by molar-refractivity contribution is 9.10. The predicted octanol–water partition coefficient (Wildman–Crippen LogP) is 3.54. The first-order chi connectivity index (χ1) is 7.58. The highest BCUT2D eigenvalue weighted by atomic mass is 79.9. The first-order valence-electron chi connectivity index (χ1n) is 4.76. The number of nitrogen functional groups attached to an aromatic ring is 1. The summed E-state index contributed by atoms with van der Waals surface area (Å²) < 4.78 is 14.5. The van der Waals surface area contributed by atoms with E-state index >= 15 is 0 Å². The largest absolute Gasteiger partial charge is 0.384 e. The van der Waals surface area contributed by atoms with Crippen molar-refractivity contribution in [3.63, 3.8) is 0 Å². The van der Waals surface area contributed by atoms with Crippen molar-refractivity contribution in [2.24, 2.45) is 0 Å². The topological polar surface area (TPSA) is 38.9 Å². The maximum absolute atomic E-state index is 13.7. The number of rotatable bonds is 1. The lowest BCUT2D eigenvalue weighted by molar-refractivity contribution is 0.631. The average molecular weight is 281 g/mol. The molecule has 2 nitrogen and oxygen atoms in total. The number of hydrogen-bond acceptors (Lipinski definition) is 2. The molecule has 16 heavy (non-hydrogen) atoms. The van der Waals surface area contributed by atoms with Crippen LogP contribution in [0, 0.1) is 12.7 Å². The molecule has 0 aliphatic heterocycles. The molecule has 2 N–H and O–H groups in total. The van der Waals surface area contributed by atoms with Crippen molar-refractivity contribution < 1.29 is 4.39 Å². The van der Waals surface area contributed by atoms with Gasteiger partial charge in [0.05, 0.1) is 0 Å². The molecule has 2 aromatic rings. The molecule has 1 aromatic heterocycles. The first kappa shape index (κ1) is 11.1. The van der Waals surface area contributed by atoms with Crippen molar-refractivity contribution in [1.82, 2.24) is 4.98 Å². The van der Waals surface area contributed by atoms with E-state index in [1.807, 2.05) is 6.92 Å². The Labute approximate surface area is 101 Å². The van der Waals surface area contributed by atoms with Crippen LogP contribution < -0.4 is 5.73 Å². The lowest BCUT2D eigenvalue weighted by atomic mass is 10.0. The van der Waals surface area contributed by atoms with Crippen molar-refractivity contribution in [2.45, 2.75) is 6.92 Å². The van der Waals surface area contributed by atoms with Crippen LogP contribution in [0.15, 0.2) is 34.8 Å². The number of benzene rings is 1. The fraction of sp³-hybridized carbons (Fsp3) is 0.0833. The van der Waals surface area contributed by atoms with E-state index in [2.05, 4.69) is 20.9 Å². The van der Waals surface area contributed by atoms with E-state index < -0.39 is 0 Å². The molecule has 0 spiro atoms. The number of nitrogens with two attached hydrogens (primary N) is 1. The van der Waals surface area contributed by atoms with Gasteiger partial charge in [-0.15, -0.1) is 0 Å². The van der Waals surface area contributed by atoms with Crippen molar-refractivity contribution in [3.05, 3.63) is 46.3 Å². The fourth-order valence-electron chi connectivity index (χ4n) is 1.57. The Morgan fingerprint density at radius 3 is 2.62 bits per heavy atom. The van der Waals surface area contributed by atoms with Crippen LogP contribution >= 0.6 is 15.9 Å². The molecule has 0 saturated carbocycles. The van der Waals surface area contributed by atoms with Gasteiger partial charge in [0.1, 0.15) is 11.6 Å². The van der Waals surface area contributed by atoms with E-state index in [1.54, 1.807) is 24.3 Å². The number of aromatic nitrogens is 1. The van der Waals surface area contributed by atoms with Crippen molar-refractivity contribution in [2.75, 3.05) is 5.73 Å². The molecule has 1 heterocycles. The number of halogens is 2. The fourth-order valence-corrected chi connectivity index (χ4v) is 1.93. The molecule has 0 amide bonds. The summed E-state index contributed by atoms with van der Waals surface area (Å²) in [6, 6.07) is 8.27. The van der Waals surface area contributed by atoms with Crippen LogP contribution in [0.3, 0.4) is 0 Å². The van der Waals surface area contributed by atoms with Crippen LogP contribution in [0.4, 0.5) is 10.2 Å². The van der Waals surface area contributed by atoms with Crippen LogP contribution in [-0.2, 0) is 0 Å². The highest BCUT2D eigenvalue weighted by Crippen LogP contribution is 2.28. The first-order valence-corrected chi connectivity index (χ1v) is 5.56. The molecule has 0 saturated heterocycles. The summed E-state index contributed by atoms with van der Waals surface area (Å²) in [5.41, 5.74) is 7.56. The van der Waals surface area contributed by atoms with Crippen molar-refractivity contribution >= 4 is 21.7 Å². The Balaban J connectivity index is 2.62. The molecular formula is C12H10BrFN2. The summed E-state index contributed by atoms with van der Waals surface area (Å²) >= 11 is 3.32. The standard InChI is InChI=1S/C12H10BrFN2/c1-7-9(3-5-12(15)16-7)10-6-8(13)2-4-11(10)14/h2-6H,1H3,(H2,15,16). The molecule has 0 aliphatic carbocycles. The van der Waals surface area contributed by atoms with Gasteiger partial charge >= 0.3 is 0 Å². The summed E-state index contributed by atoms with van der Waals surface area (Å²) in [6.07, 6.45) is 0. The minimum absolute atomic E-state index is 0.266. The molecule has 0 bridgehead atoms. The maximum Gasteiger partial charge on any atom is 0.131 e. The number of aryl methyl sites for hydroxylation is 1. The quantitative estimate of drug-likeness (QED) is 0.868. The third-order valence-electron chi connectivity index (χ3n) is 2.33. The highest BCUT2D eigenvalue weighted by Gasteiger charge is 2.09. The van der Waals surface area contributed by atoms with Gasteiger partial charge in [-0.1, -0.05) is 15.9 Å². The average Bonchev–Trinajstić information content (AvgIpc) is 2.22. The number of pyridine rings is 1. The summed E-state index contributed by atoms with van der Waals surface area (Å²) in [5.74, 6) is 0.175. The number of hydrogen-bond donors (Lipinski definition) is 1. The van der Waals surface area contributed by atoms with Gasteiger partial charge in [-0.3, -0.25) is 0 Å². The zero-order chi connectivity index (χ0) is 11.7. The molecular weight excluding hydrogens is 271 g/mol. The van der Waals surface area contributed by atoms with Crippen molar-refractivity contribution in [1.29, 1.82) is 0 Å². The van der Waals surface area contributed by atoms with Crippen LogP contribution in [-0.4, -0.2) is 4.98 Å². The second kappa shape index (κ2) is 4.22. The van der Waals surface area contributed by atoms with Crippen LogP contribution in [0.2, 0.25) is 0 Å². The van der Waals surface area contributed by atoms with Crippen LogP contribution in [0.1, 0.15) is 5.69 Å². The van der Waals surface area contributed by atoms with Gasteiger partial charge in [-0.05, 0) is 37.3 Å². The Morgan fingerprint density at radius 1 is 1.19 bits per heavy atom. The van der Waals surface area contributed by atoms with Gasteiger partial charge in [0, 0.05) is 21.3 Å². The minimum Gasteiger partial charge on any atom is -0.384 e. The Bertz CT molecular complexity index is 541. The normalized spacial score (nSPS) is 10.4. The van der Waals surface area contributed by atoms with Crippen LogP contribution in [0.25, 0.3) is 11.1 Å². The van der Waals surface area contributed by atoms with E-state index in [-0.39, 0.29) is 5.82 Å². The van der Waals surface area contributed by atoms with Gasteiger partial charge in [-0.25, -0.2) is 9.37 Å². The SMILES string of the molecule is Cc1nc(N)ccc1-c1cc(Br)ccc1F. The van der Waals surface area contributed by atoms with Gasteiger partial charge in [-0.2, -0.15) is 0 Å². The smallest absolute Gasteiger partial charge is 0.131 e. The molecule has 2 rings (SSSR count). The van der Waals surface area contributed by atoms with Crippen LogP contribution in [0.5, 0.6) is 0 Å². The summed E-state index contributed by atoms with van der Waals surface area (Å²) in [4.78, 5) is 4.12. The zero-order valence-corrected chi connectivity index (χ0v) is 10.3. The van der Waals surface area contributed by atoms with Crippen molar-refractivity contribution in [3.8, 4) is 11.1 Å². The van der Waals surface area contributed by atoms with E-state index in [0.717, 1.165) is 15.7 Å². The van der Waals surface area contributed by atoms with Gasteiger partial charge < -0.3 is 5.73 Å². The Kier molecular flexibility index (Phi) is 2.92. The lowest BCUT2D eigenvalue weighted by Crippen LogP contribution is -1.95. The molecule has 0 unspecified atom stereocenters. The lowest BCUT2D eigenvalue weighted by Gasteiger charge is -2.07. The molecule has 0 aliphatic rings. The van der Waals surface area contributed by atoms with E-state index in [4.69, 9.17) is 5.73 Å². The third-order valence-corrected chi connectivity index (χ3v) is 2.82. The Morgan fingerprint density at radius 2 is 1.94 bits per heavy atom. The van der Waals surface area contributed by atoms with Gasteiger partial charge in [0.2, 0.25) is 0 Å². The van der Waals surface area contributed by atoms with E-state index in [1.165, 1.54) is 6.07 Å². The Hall–Kier alpha value is -1.42. The van der Waals surface area contributed by atoms with Gasteiger partial charge in [0.25, 0.3) is 0 Å². The number of nitrogens with zero attached hydrogens (tertiary/aromatic N) is 1. The summed E-state index contributed by atoms with van der Waals surface area (Å²) in [6.45, 7) is 1.81. The monoisotopic (exact) mass is 280 g/mol. The van der Waals surface area contributed by atoms with Gasteiger partial charge in [0.15, 0.2) is 0 Å².